The SMILES string of the molecule is OCC(F)(F)c1cnc(Cl)nc1. The summed E-state index contributed by atoms with van der Waals surface area (Å²) < 4.78 is 25.3. The molecule has 0 aliphatic carbocycles. The molecule has 0 aliphatic heterocycles. The quantitative estimate of drug-likeness (QED) is 0.720. The molecule has 1 heterocycles. The summed E-state index contributed by atoms with van der Waals surface area (Å²) in [5.41, 5.74) is -0.450. The first-order valence-electron chi connectivity index (χ1n) is 3.03. The number of aromatic nitrogens is 2. The number of hydrogen-bond acceptors (Lipinski definition) is 3. The van der Waals surface area contributed by atoms with E-state index in [1.165, 1.54) is 0 Å². The smallest absolute Gasteiger partial charge is 0.298 e. The molecule has 1 aromatic rings. The molecule has 1 N–H and O–H groups in total. The van der Waals surface area contributed by atoms with Gasteiger partial charge in [0.15, 0.2) is 0 Å². The Labute approximate surface area is 72.0 Å². The Hall–Kier alpha value is -0.810. The monoisotopic (exact) mass is 194 g/mol. The van der Waals surface area contributed by atoms with Crippen LogP contribution in [0.4, 0.5) is 8.78 Å². The van der Waals surface area contributed by atoms with Gasteiger partial charge in [0.25, 0.3) is 5.92 Å². The van der Waals surface area contributed by atoms with E-state index in [-0.39, 0.29) is 5.28 Å². The fourth-order valence-corrected chi connectivity index (χ4v) is 0.690. The van der Waals surface area contributed by atoms with E-state index in [2.05, 4.69) is 9.97 Å². The van der Waals surface area contributed by atoms with Crippen LogP contribution >= 0.6 is 11.6 Å². The predicted octanol–water partition coefficient (Wildman–Crippen LogP) is 1.21. The average Bonchev–Trinajstić information content (AvgIpc) is 2.05. The molecule has 0 fully saturated rings. The molecule has 0 saturated heterocycles. The second-order valence-corrected chi connectivity index (χ2v) is 2.44. The highest BCUT2D eigenvalue weighted by Gasteiger charge is 2.31. The highest BCUT2D eigenvalue weighted by atomic mass is 35.5. The van der Waals surface area contributed by atoms with E-state index in [1.807, 2.05) is 0 Å². The van der Waals surface area contributed by atoms with Crippen LogP contribution in [-0.4, -0.2) is 21.7 Å². The first-order chi connectivity index (χ1) is 5.56. The maximum Gasteiger partial charge on any atom is 0.298 e. The van der Waals surface area contributed by atoms with Crippen molar-refractivity contribution < 1.29 is 13.9 Å². The van der Waals surface area contributed by atoms with Crippen LogP contribution in [0, 0.1) is 0 Å². The molecule has 0 atom stereocenters. The molecule has 0 bridgehead atoms. The number of aliphatic hydroxyl groups is 1. The topological polar surface area (TPSA) is 46.0 Å². The first-order valence-corrected chi connectivity index (χ1v) is 3.41. The summed E-state index contributed by atoms with van der Waals surface area (Å²) in [6.07, 6.45) is 1.76. The van der Waals surface area contributed by atoms with Crippen molar-refractivity contribution in [2.45, 2.75) is 5.92 Å². The molecule has 0 aliphatic rings. The van der Waals surface area contributed by atoms with E-state index in [0.29, 0.717) is 0 Å². The lowest BCUT2D eigenvalue weighted by Crippen LogP contribution is -2.18. The van der Waals surface area contributed by atoms with Crippen molar-refractivity contribution in [3.8, 4) is 0 Å². The highest BCUT2D eigenvalue weighted by Crippen LogP contribution is 2.25. The minimum Gasteiger partial charge on any atom is -0.390 e. The zero-order valence-electron chi connectivity index (χ0n) is 5.84. The Morgan fingerprint density at radius 3 is 2.33 bits per heavy atom. The summed E-state index contributed by atoms with van der Waals surface area (Å²) in [5.74, 6) is -3.30. The van der Waals surface area contributed by atoms with Crippen molar-refractivity contribution in [1.29, 1.82) is 0 Å². The van der Waals surface area contributed by atoms with Gasteiger partial charge in [-0.1, -0.05) is 0 Å². The fraction of sp³-hybridized carbons (Fsp3) is 0.333. The van der Waals surface area contributed by atoms with Crippen LogP contribution in [0.15, 0.2) is 12.4 Å². The van der Waals surface area contributed by atoms with Crippen molar-refractivity contribution >= 4 is 11.6 Å². The number of aliphatic hydroxyl groups excluding tert-OH is 1. The van der Waals surface area contributed by atoms with Crippen LogP contribution in [0.5, 0.6) is 0 Å². The number of halogens is 3. The van der Waals surface area contributed by atoms with E-state index < -0.39 is 18.1 Å². The third-order valence-electron chi connectivity index (χ3n) is 1.24. The van der Waals surface area contributed by atoms with E-state index in [4.69, 9.17) is 16.7 Å². The van der Waals surface area contributed by atoms with Crippen molar-refractivity contribution in [3.05, 3.63) is 23.2 Å². The Morgan fingerprint density at radius 1 is 1.42 bits per heavy atom. The maximum absolute atomic E-state index is 12.6. The van der Waals surface area contributed by atoms with Gasteiger partial charge in [-0.05, 0) is 11.6 Å². The fourth-order valence-electron chi connectivity index (χ4n) is 0.592. The molecule has 0 saturated carbocycles. The average molecular weight is 195 g/mol. The number of rotatable bonds is 2. The second kappa shape index (κ2) is 3.28. The maximum atomic E-state index is 12.6. The summed E-state index contributed by atoms with van der Waals surface area (Å²) >= 11 is 5.28. The van der Waals surface area contributed by atoms with Crippen LogP contribution in [0.1, 0.15) is 5.56 Å². The molecule has 0 aromatic carbocycles. The van der Waals surface area contributed by atoms with Gasteiger partial charge < -0.3 is 5.11 Å². The summed E-state index contributed by atoms with van der Waals surface area (Å²) in [4.78, 5) is 6.71. The van der Waals surface area contributed by atoms with E-state index in [1.54, 1.807) is 0 Å². The summed E-state index contributed by atoms with van der Waals surface area (Å²) in [6, 6.07) is 0. The van der Waals surface area contributed by atoms with Gasteiger partial charge in [-0.2, -0.15) is 8.78 Å². The largest absolute Gasteiger partial charge is 0.390 e. The molecular weight excluding hydrogens is 190 g/mol. The summed E-state index contributed by atoms with van der Waals surface area (Å²) in [7, 11) is 0. The van der Waals surface area contributed by atoms with Crippen LogP contribution in [0.3, 0.4) is 0 Å². The van der Waals surface area contributed by atoms with Gasteiger partial charge in [0.05, 0.1) is 5.56 Å². The first kappa shape index (κ1) is 9.28. The minimum absolute atomic E-state index is 0.104. The zero-order chi connectivity index (χ0) is 9.19. The summed E-state index contributed by atoms with van der Waals surface area (Å²) in [5, 5.41) is 8.17. The molecule has 12 heavy (non-hydrogen) atoms. The number of nitrogens with zero attached hydrogens (tertiary/aromatic N) is 2. The molecule has 66 valence electrons. The zero-order valence-corrected chi connectivity index (χ0v) is 6.59. The molecular formula is C6H5ClF2N2O. The third kappa shape index (κ3) is 1.86. The van der Waals surface area contributed by atoms with Crippen molar-refractivity contribution in [3.63, 3.8) is 0 Å². The van der Waals surface area contributed by atoms with E-state index in [0.717, 1.165) is 12.4 Å². The van der Waals surface area contributed by atoms with Gasteiger partial charge in [0.1, 0.15) is 6.61 Å². The Morgan fingerprint density at radius 2 is 1.92 bits per heavy atom. The van der Waals surface area contributed by atoms with Gasteiger partial charge in [-0.25, -0.2) is 9.97 Å². The molecule has 1 rings (SSSR count). The number of alkyl halides is 2. The standard InChI is InChI=1S/C6H5ClF2N2O/c7-5-10-1-4(2-11-5)6(8,9)3-12/h1-2,12H,3H2. The normalized spacial score (nSPS) is 11.7. The van der Waals surface area contributed by atoms with Crippen molar-refractivity contribution in [1.82, 2.24) is 9.97 Å². The molecule has 0 spiro atoms. The lowest BCUT2D eigenvalue weighted by Gasteiger charge is -2.11. The van der Waals surface area contributed by atoms with Gasteiger partial charge in [-0.3, -0.25) is 0 Å². The van der Waals surface area contributed by atoms with E-state index in [9.17, 15) is 8.78 Å². The number of hydrogen-bond donors (Lipinski definition) is 1. The van der Waals surface area contributed by atoms with Gasteiger partial charge in [-0.15, -0.1) is 0 Å². The molecule has 1 aromatic heterocycles. The minimum atomic E-state index is -3.30. The van der Waals surface area contributed by atoms with E-state index >= 15 is 0 Å². The van der Waals surface area contributed by atoms with Crippen LogP contribution < -0.4 is 0 Å². The Bertz CT molecular complexity index is 265. The third-order valence-corrected chi connectivity index (χ3v) is 1.44. The molecule has 6 heteroatoms. The van der Waals surface area contributed by atoms with Gasteiger partial charge in [0.2, 0.25) is 5.28 Å². The molecule has 3 nitrogen and oxygen atoms in total. The Kier molecular flexibility index (Phi) is 2.54. The molecule has 0 unspecified atom stereocenters. The van der Waals surface area contributed by atoms with Crippen molar-refractivity contribution in [2.24, 2.45) is 0 Å². The lowest BCUT2D eigenvalue weighted by atomic mass is 10.2. The summed E-state index contributed by atoms with van der Waals surface area (Å²) in [6.45, 7) is -1.27. The highest BCUT2D eigenvalue weighted by molar-refractivity contribution is 6.28. The van der Waals surface area contributed by atoms with Gasteiger partial charge in [0, 0.05) is 12.4 Å². The Balaban J connectivity index is 2.96. The lowest BCUT2D eigenvalue weighted by molar-refractivity contribution is -0.0561. The predicted molar refractivity (Wildman–Crippen MR) is 38.0 cm³/mol. The molecule has 0 amide bonds. The van der Waals surface area contributed by atoms with Crippen molar-refractivity contribution in [2.75, 3.05) is 6.61 Å². The van der Waals surface area contributed by atoms with Crippen LogP contribution in [0.25, 0.3) is 0 Å². The van der Waals surface area contributed by atoms with Crippen LogP contribution in [0.2, 0.25) is 5.28 Å². The van der Waals surface area contributed by atoms with Crippen LogP contribution in [-0.2, 0) is 5.92 Å². The molecule has 0 radical (unpaired) electrons. The second-order valence-electron chi connectivity index (χ2n) is 2.10. The van der Waals surface area contributed by atoms with Gasteiger partial charge >= 0.3 is 0 Å².